The molecule has 0 radical (unpaired) electrons. The summed E-state index contributed by atoms with van der Waals surface area (Å²) in [5.74, 6) is -2.45. The standard InChI is InChI=1S/C34H32ClF3O5/c1-24(41-22-27-10-6-3-7-11-27)21-33(40,23-39)43-32(19-25-8-4-2-5-9-25)28-14-17-31(35)29(20-28)18-26-12-15-30(16-13-26)42-34(36,37)38/h2-17,20,23-24,32,40H,18-19,21-22H2,1H3/t24?,32?,33-/m0/s1. The van der Waals surface area contributed by atoms with Crippen molar-refractivity contribution in [3.05, 3.63) is 136 Å². The number of ether oxygens (including phenoxy) is 3. The highest BCUT2D eigenvalue weighted by Crippen LogP contribution is 2.32. The molecule has 0 spiro atoms. The highest BCUT2D eigenvalue weighted by atomic mass is 35.5. The molecule has 0 aliphatic rings. The van der Waals surface area contributed by atoms with Crippen molar-refractivity contribution in [3.63, 3.8) is 0 Å². The van der Waals surface area contributed by atoms with Gasteiger partial charge in [0.25, 0.3) is 0 Å². The minimum Gasteiger partial charge on any atom is -0.406 e. The van der Waals surface area contributed by atoms with E-state index in [2.05, 4.69) is 4.74 Å². The van der Waals surface area contributed by atoms with Crippen molar-refractivity contribution in [2.24, 2.45) is 0 Å². The summed E-state index contributed by atoms with van der Waals surface area (Å²) < 4.78 is 53.6. The van der Waals surface area contributed by atoms with Gasteiger partial charge in [0.2, 0.25) is 5.79 Å². The van der Waals surface area contributed by atoms with E-state index in [1.807, 2.05) is 66.7 Å². The zero-order valence-electron chi connectivity index (χ0n) is 23.5. The van der Waals surface area contributed by atoms with E-state index in [1.165, 1.54) is 24.3 Å². The predicted molar refractivity (Wildman–Crippen MR) is 158 cm³/mol. The molecule has 0 saturated carbocycles. The molecule has 0 amide bonds. The topological polar surface area (TPSA) is 65.0 Å². The molecule has 0 saturated heterocycles. The fourth-order valence-electron chi connectivity index (χ4n) is 4.67. The van der Waals surface area contributed by atoms with Gasteiger partial charge >= 0.3 is 6.36 Å². The van der Waals surface area contributed by atoms with Crippen molar-refractivity contribution in [1.82, 2.24) is 0 Å². The fourth-order valence-corrected chi connectivity index (χ4v) is 4.85. The first-order valence-electron chi connectivity index (χ1n) is 13.7. The molecule has 1 N–H and O–H groups in total. The van der Waals surface area contributed by atoms with Gasteiger partial charge < -0.3 is 19.3 Å². The Balaban J connectivity index is 1.54. The Morgan fingerprint density at radius 3 is 2.09 bits per heavy atom. The van der Waals surface area contributed by atoms with E-state index in [-0.39, 0.29) is 12.2 Å². The van der Waals surface area contributed by atoms with E-state index in [1.54, 1.807) is 19.1 Å². The highest BCUT2D eigenvalue weighted by molar-refractivity contribution is 6.31. The Morgan fingerprint density at radius 1 is 0.860 bits per heavy atom. The van der Waals surface area contributed by atoms with Crippen molar-refractivity contribution in [1.29, 1.82) is 0 Å². The molecule has 43 heavy (non-hydrogen) atoms. The van der Waals surface area contributed by atoms with Crippen LogP contribution in [0.25, 0.3) is 0 Å². The molecule has 0 heterocycles. The van der Waals surface area contributed by atoms with Crippen molar-refractivity contribution >= 4 is 17.9 Å². The summed E-state index contributed by atoms with van der Waals surface area (Å²) in [5, 5.41) is 11.7. The number of carbonyl (C=O) groups excluding carboxylic acids is 1. The van der Waals surface area contributed by atoms with E-state index in [4.69, 9.17) is 21.1 Å². The molecule has 0 bridgehead atoms. The van der Waals surface area contributed by atoms with Gasteiger partial charge in [-0.25, -0.2) is 0 Å². The van der Waals surface area contributed by atoms with Gasteiger partial charge in [-0.2, -0.15) is 0 Å². The first-order chi connectivity index (χ1) is 20.5. The lowest BCUT2D eigenvalue weighted by Crippen LogP contribution is -2.39. The average Bonchev–Trinajstić information content (AvgIpc) is 2.98. The molecule has 3 atom stereocenters. The van der Waals surface area contributed by atoms with Crippen LogP contribution < -0.4 is 4.74 Å². The average molecular weight is 613 g/mol. The van der Waals surface area contributed by atoms with Gasteiger partial charge in [0.1, 0.15) is 5.75 Å². The normalized spacial score (nSPS) is 14.5. The van der Waals surface area contributed by atoms with E-state index < -0.39 is 24.4 Å². The maximum Gasteiger partial charge on any atom is 0.573 e. The Hall–Kier alpha value is -3.69. The molecular formula is C34H32ClF3O5. The number of rotatable bonds is 14. The van der Waals surface area contributed by atoms with E-state index >= 15 is 0 Å². The molecule has 226 valence electrons. The van der Waals surface area contributed by atoms with Gasteiger partial charge in [-0.1, -0.05) is 96.5 Å². The fraction of sp³-hybridized carbons (Fsp3) is 0.265. The quantitative estimate of drug-likeness (QED) is 0.115. The van der Waals surface area contributed by atoms with Crippen LogP contribution in [0.5, 0.6) is 5.75 Å². The summed E-state index contributed by atoms with van der Waals surface area (Å²) >= 11 is 6.51. The Bertz CT molecular complexity index is 1450. The second kappa shape index (κ2) is 14.7. The number of halogens is 4. The van der Waals surface area contributed by atoms with Crippen LogP contribution in [-0.2, 0) is 33.7 Å². The lowest BCUT2D eigenvalue weighted by atomic mass is 9.96. The molecule has 9 heteroatoms. The summed E-state index contributed by atoms with van der Waals surface area (Å²) in [4.78, 5) is 12.2. The van der Waals surface area contributed by atoms with E-state index in [0.717, 1.165) is 11.1 Å². The molecule has 4 aromatic carbocycles. The minimum absolute atomic E-state index is 0.0958. The maximum atomic E-state index is 12.5. The van der Waals surface area contributed by atoms with Crippen LogP contribution in [0.4, 0.5) is 13.2 Å². The predicted octanol–water partition coefficient (Wildman–Crippen LogP) is 8.01. The van der Waals surface area contributed by atoms with Crippen molar-refractivity contribution < 1.29 is 37.3 Å². The number of hydrogen-bond acceptors (Lipinski definition) is 5. The third-order valence-corrected chi connectivity index (χ3v) is 7.11. The van der Waals surface area contributed by atoms with Gasteiger partial charge in [0.05, 0.1) is 18.8 Å². The van der Waals surface area contributed by atoms with E-state index in [9.17, 15) is 23.1 Å². The summed E-state index contributed by atoms with van der Waals surface area (Å²) in [6.07, 6.45) is -5.06. The lowest BCUT2D eigenvalue weighted by molar-refractivity contribution is -0.274. The van der Waals surface area contributed by atoms with Gasteiger partial charge in [0, 0.05) is 17.9 Å². The third kappa shape index (κ3) is 10.2. The maximum absolute atomic E-state index is 12.5. The summed E-state index contributed by atoms with van der Waals surface area (Å²) in [6.45, 7) is 2.08. The van der Waals surface area contributed by atoms with Crippen LogP contribution in [0.2, 0.25) is 5.02 Å². The molecule has 0 aromatic heterocycles. The summed E-state index contributed by atoms with van der Waals surface area (Å²) in [7, 11) is 0. The van der Waals surface area contributed by atoms with Crippen LogP contribution in [0.15, 0.2) is 103 Å². The lowest BCUT2D eigenvalue weighted by Gasteiger charge is -2.31. The number of aliphatic hydroxyl groups is 1. The molecule has 5 nitrogen and oxygen atoms in total. The van der Waals surface area contributed by atoms with Crippen LogP contribution in [0.1, 0.15) is 47.3 Å². The second-order valence-electron chi connectivity index (χ2n) is 10.3. The second-order valence-corrected chi connectivity index (χ2v) is 10.7. The number of alkyl halides is 3. The SMILES string of the molecule is CC(C[C@@](O)(C=O)OC(Cc1ccccc1)c1ccc(Cl)c(Cc2ccc(OC(F)(F)F)cc2)c1)OCc1ccccc1. The summed E-state index contributed by atoms with van der Waals surface area (Å²) in [6, 6.07) is 29.9. The molecule has 0 aliphatic carbocycles. The molecule has 0 fully saturated rings. The Morgan fingerprint density at radius 2 is 1.49 bits per heavy atom. The van der Waals surface area contributed by atoms with Crippen molar-refractivity contribution in [3.8, 4) is 5.75 Å². The highest BCUT2D eigenvalue weighted by Gasteiger charge is 2.34. The number of hydrogen-bond donors (Lipinski definition) is 1. The Labute approximate surface area is 253 Å². The van der Waals surface area contributed by atoms with Gasteiger partial charge in [-0.05, 0) is 59.4 Å². The van der Waals surface area contributed by atoms with Crippen LogP contribution in [0.3, 0.4) is 0 Å². The van der Waals surface area contributed by atoms with Crippen LogP contribution in [-0.4, -0.2) is 29.6 Å². The molecule has 2 unspecified atom stereocenters. The number of carbonyl (C=O) groups is 1. The smallest absolute Gasteiger partial charge is 0.406 e. The minimum atomic E-state index is -4.78. The number of aldehydes is 1. The zero-order chi connectivity index (χ0) is 30.9. The molecule has 4 aromatic rings. The largest absolute Gasteiger partial charge is 0.573 e. The summed E-state index contributed by atoms with van der Waals surface area (Å²) in [5.41, 5.74) is 3.95. The van der Waals surface area contributed by atoms with Gasteiger partial charge in [0.15, 0.2) is 6.29 Å². The number of benzene rings is 4. The van der Waals surface area contributed by atoms with E-state index in [0.29, 0.717) is 47.4 Å². The first-order valence-corrected chi connectivity index (χ1v) is 14.1. The van der Waals surface area contributed by atoms with Gasteiger partial charge in [-0.15, -0.1) is 13.2 Å². The molecule has 4 rings (SSSR count). The Kier molecular flexibility index (Phi) is 11.0. The zero-order valence-corrected chi connectivity index (χ0v) is 24.2. The molecule has 0 aliphatic heterocycles. The van der Waals surface area contributed by atoms with Crippen LogP contribution in [0, 0.1) is 0 Å². The molecular weight excluding hydrogens is 581 g/mol. The monoisotopic (exact) mass is 612 g/mol. The van der Waals surface area contributed by atoms with Crippen molar-refractivity contribution in [2.45, 2.75) is 57.2 Å². The van der Waals surface area contributed by atoms with Crippen molar-refractivity contribution in [2.75, 3.05) is 0 Å². The third-order valence-electron chi connectivity index (χ3n) is 6.74. The first kappa shape index (κ1) is 32.2. The van der Waals surface area contributed by atoms with Gasteiger partial charge in [-0.3, -0.25) is 4.79 Å². The van der Waals surface area contributed by atoms with Crippen LogP contribution >= 0.6 is 11.6 Å².